The SMILES string of the molecule is CCCCc1cn(CCO)c2c(C)cc(C)cc12. The van der Waals surface area contributed by atoms with Crippen LogP contribution in [0.15, 0.2) is 18.3 Å². The molecule has 1 N–H and O–H groups in total. The summed E-state index contributed by atoms with van der Waals surface area (Å²) in [5.41, 5.74) is 5.34. The van der Waals surface area contributed by atoms with Gasteiger partial charge in [0.15, 0.2) is 0 Å². The van der Waals surface area contributed by atoms with E-state index in [1.807, 2.05) is 0 Å². The van der Waals surface area contributed by atoms with Gasteiger partial charge in [0.05, 0.1) is 12.1 Å². The van der Waals surface area contributed by atoms with Crippen LogP contribution >= 0.6 is 0 Å². The normalized spacial score (nSPS) is 11.3. The first-order valence-electron chi connectivity index (χ1n) is 6.87. The summed E-state index contributed by atoms with van der Waals surface area (Å²) in [4.78, 5) is 0. The lowest BCUT2D eigenvalue weighted by molar-refractivity contribution is 0.278. The molecule has 1 aromatic carbocycles. The number of aromatic nitrogens is 1. The smallest absolute Gasteiger partial charge is 0.0610 e. The molecular weight excluding hydrogens is 222 g/mol. The molecular formula is C16H23NO. The van der Waals surface area contributed by atoms with Crippen molar-refractivity contribution < 1.29 is 5.11 Å². The van der Waals surface area contributed by atoms with Crippen LogP contribution in [0.3, 0.4) is 0 Å². The Hall–Kier alpha value is -1.28. The second kappa shape index (κ2) is 5.57. The number of nitrogens with zero attached hydrogens (tertiary/aromatic N) is 1. The Morgan fingerprint density at radius 1 is 1.22 bits per heavy atom. The zero-order valence-electron chi connectivity index (χ0n) is 11.7. The van der Waals surface area contributed by atoms with Gasteiger partial charge in [-0.15, -0.1) is 0 Å². The maximum atomic E-state index is 9.19. The van der Waals surface area contributed by atoms with E-state index in [9.17, 15) is 5.11 Å². The van der Waals surface area contributed by atoms with Gasteiger partial charge in [0.1, 0.15) is 0 Å². The Bertz CT molecular complexity index is 540. The van der Waals surface area contributed by atoms with E-state index in [0.717, 1.165) is 6.42 Å². The number of unbranched alkanes of at least 4 members (excludes halogenated alkanes) is 1. The van der Waals surface area contributed by atoms with Crippen LogP contribution in [-0.2, 0) is 13.0 Å². The van der Waals surface area contributed by atoms with Gasteiger partial charge in [-0.05, 0) is 43.9 Å². The van der Waals surface area contributed by atoms with Gasteiger partial charge in [-0.2, -0.15) is 0 Å². The van der Waals surface area contributed by atoms with Crippen molar-refractivity contribution in [1.29, 1.82) is 0 Å². The number of hydrogen-bond donors (Lipinski definition) is 1. The third kappa shape index (κ3) is 2.44. The molecule has 1 heterocycles. The number of rotatable bonds is 5. The van der Waals surface area contributed by atoms with Crippen LogP contribution in [-0.4, -0.2) is 16.3 Å². The number of aliphatic hydroxyl groups excluding tert-OH is 1. The van der Waals surface area contributed by atoms with Crippen molar-refractivity contribution in [1.82, 2.24) is 4.57 Å². The summed E-state index contributed by atoms with van der Waals surface area (Å²) in [6, 6.07) is 4.50. The van der Waals surface area contributed by atoms with Gasteiger partial charge in [-0.25, -0.2) is 0 Å². The Kier molecular flexibility index (Phi) is 4.07. The summed E-state index contributed by atoms with van der Waals surface area (Å²) in [7, 11) is 0. The predicted molar refractivity (Wildman–Crippen MR) is 77.1 cm³/mol. The standard InChI is InChI=1S/C16H23NO/c1-4-5-6-14-11-17(7-8-18)16-13(3)9-12(2)10-15(14)16/h9-11,18H,4-8H2,1-3H3. The van der Waals surface area contributed by atoms with Gasteiger partial charge in [-0.1, -0.05) is 25.0 Å². The van der Waals surface area contributed by atoms with Gasteiger partial charge in [-0.3, -0.25) is 0 Å². The second-order valence-electron chi connectivity index (χ2n) is 5.15. The quantitative estimate of drug-likeness (QED) is 0.855. The molecule has 0 amide bonds. The van der Waals surface area contributed by atoms with Crippen molar-refractivity contribution in [3.8, 4) is 0 Å². The summed E-state index contributed by atoms with van der Waals surface area (Å²) >= 11 is 0. The van der Waals surface area contributed by atoms with Crippen molar-refractivity contribution in [2.45, 2.75) is 46.6 Å². The number of aryl methyl sites for hydroxylation is 3. The monoisotopic (exact) mass is 245 g/mol. The summed E-state index contributed by atoms with van der Waals surface area (Å²) in [6.07, 6.45) is 5.81. The lowest BCUT2D eigenvalue weighted by Gasteiger charge is -2.06. The first kappa shape index (κ1) is 13.2. The third-order valence-corrected chi connectivity index (χ3v) is 3.53. The maximum absolute atomic E-state index is 9.19. The van der Waals surface area contributed by atoms with Crippen molar-refractivity contribution in [2.24, 2.45) is 0 Å². The topological polar surface area (TPSA) is 25.2 Å². The van der Waals surface area contributed by atoms with Crippen LogP contribution in [0.4, 0.5) is 0 Å². The highest BCUT2D eigenvalue weighted by atomic mass is 16.3. The Morgan fingerprint density at radius 3 is 2.67 bits per heavy atom. The molecule has 0 spiro atoms. The summed E-state index contributed by atoms with van der Waals surface area (Å²) < 4.78 is 2.20. The molecule has 0 unspecified atom stereocenters. The Labute approximate surface area is 109 Å². The molecule has 0 aliphatic heterocycles. The van der Waals surface area contributed by atoms with Crippen LogP contribution in [0.25, 0.3) is 10.9 Å². The van der Waals surface area contributed by atoms with Gasteiger partial charge in [0.25, 0.3) is 0 Å². The fraction of sp³-hybridized carbons (Fsp3) is 0.500. The highest BCUT2D eigenvalue weighted by molar-refractivity contribution is 5.87. The van der Waals surface area contributed by atoms with Gasteiger partial charge in [0, 0.05) is 18.1 Å². The van der Waals surface area contributed by atoms with Gasteiger partial charge >= 0.3 is 0 Å². The highest BCUT2D eigenvalue weighted by Crippen LogP contribution is 2.27. The molecule has 0 aliphatic rings. The number of aliphatic hydroxyl groups is 1. The van der Waals surface area contributed by atoms with E-state index in [-0.39, 0.29) is 6.61 Å². The number of hydrogen-bond acceptors (Lipinski definition) is 1. The summed E-state index contributed by atoms with van der Waals surface area (Å²) in [5.74, 6) is 0. The second-order valence-corrected chi connectivity index (χ2v) is 5.15. The van der Waals surface area contributed by atoms with Crippen molar-refractivity contribution in [2.75, 3.05) is 6.61 Å². The highest BCUT2D eigenvalue weighted by Gasteiger charge is 2.10. The Morgan fingerprint density at radius 2 is 2.00 bits per heavy atom. The largest absolute Gasteiger partial charge is 0.395 e. The molecule has 0 radical (unpaired) electrons. The summed E-state index contributed by atoms with van der Waals surface area (Å²) in [6.45, 7) is 7.42. The number of benzene rings is 1. The molecule has 0 saturated heterocycles. The predicted octanol–water partition coefficient (Wildman–Crippen LogP) is 3.59. The summed E-state index contributed by atoms with van der Waals surface area (Å²) in [5, 5.41) is 10.6. The molecule has 2 heteroatoms. The van der Waals surface area contributed by atoms with Gasteiger partial charge in [0.2, 0.25) is 0 Å². The third-order valence-electron chi connectivity index (χ3n) is 3.53. The average molecular weight is 245 g/mol. The van der Waals surface area contributed by atoms with Crippen molar-refractivity contribution >= 4 is 10.9 Å². The van der Waals surface area contributed by atoms with Crippen LogP contribution < -0.4 is 0 Å². The fourth-order valence-corrected chi connectivity index (χ4v) is 2.76. The molecule has 0 bridgehead atoms. The zero-order valence-corrected chi connectivity index (χ0v) is 11.7. The molecule has 2 nitrogen and oxygen atoms in total. The first-order chi connectivity index (χ1) is 8.67. The molecule has 2 aromatic rings. The van der Waals surface area contributed by atoms with Crippen molar-refractivity contribution in [3.05, 3.63) is 35.0 Å². The average Bonchev–Trinajstić information content (AvgIpc) is 2.65. The number of fused-ring (bicyclic) bond motifs is 1. The maximum Gasteiger partial charge on any atom is 0.0610 e. The van der Waals surface area contributed by atoms with E-state index < -0.39 is 0 Å². The van der Waals surface area contributed by atoms with Crippen LogP contribution in [0, 0.1) is 13.8 Å². The Balaban J connectivity index is 2.56. The van der Waals surface area contributed by atoms with Crippen molar-refractivity contribution in [3.63, 3.8) is 0 Å². The minimum Gasteiger partial charge on any atom is -0.395 e. The van der Waals surface area contributed by atoms with E-state index in [4.69, 9.17) is 0 Å². The van der Waals surface area contributed by atoms with E-state index in [1.54, 1.807) is 0 Å². The molecule has 1 aromatic heterocycles. The first-order valence-corrected chi connectivity index (χ1v) is 6.87. The van der Waals surface area contributed by atoms with E-state index in [1.165, 1.54) is 40.4 Å². The zero-order chi connectivity index (χ0) is 13.1. The van der Waals surface area contributed by atoms with E-state index in [0.29, 0.717) is 6.54 Å². The molecule has 0 atom stereocenters. The molecule has 0 aliphatic carbocycles. The minimum absolute atomic E-state index is 0.199. The lowest BCUT2D eigenvalue weighted by atomic mass is 10.0. The molecule has 2 rings (SSSR count). The van der Waals surface area contributed by atoms with E-state index in [2.05, 4.69) is 43.7 Å². The van der Waals surface area contributed by atoms with Crippen LogP contribution in [0.5, 0.6) is 0 Å². The molecule has 0 saturated carbocycles. The minimum atomic E-state index is 0.199. The molecule has 0 fully saturated rings. The van der Waals surface area contributed by atoms with Crippen LogP contribution in [0.1, 0.15) is 36.5 Å². The molecule has 98 valence electrons. The van der Waals surface area contributed by atoms with E-state index >= 15 is 0 Å². The van der Waals surface area contributed by atoms with Crippen LogP contribution in [0.2, 0.25) is 0 Å². The fourth-order valence-electron chi connectivity index (χ4n) is 2.76. The lowest BCUT2D eigenvalue weighted by Crippen LogP contribution is -2.01. The van der Waals surface area contributed by atoms with Gasteiger partial charge < -0.3 is 9.67 Å². The molecule has 18 heavy (non-hydrogen) atoms.